The molecule has 10 heteroatoms. The molecule has 0 amide bonds. The van der Waals surface area contributed by atoms with Crippen LogP contribution in [-0.2, 0) is 17.1 Å². The minimum atomic E-state index is -0.388. The van der Waals surface area contributed by atoms with Gasteiger partial charge in [-0.1, -0.05) is 0 Å². The molecule has 9 nitrogen and oxygen atoms in total. The van der Waals surface area contributed by atoms with E-state index in [2.05, 4.69) is 0 Å². The van der Waals surface area contributed by atoms with E-state index in [1.165, 1.54) is 18.2 Å². The van der Waals surface area contributed by atoms with Gasteiger partial charge in [-0.05, 0) is 41.5 Å². The fourth-order valence-corrected chi connectivity index (χ4v) is 2.24. The summed E-state index contributed by atoms with van der Waals surface area (Å²) in [6.07, 6.45) is 0. The summed E-state index contributed by atoms with van der Waals surface area (Å²) in [4.78, 5) is 32.3. The Bertz CT molecular complexity index is 1050. The minimum absolute atomic E-state index is 0. The van der Waals surface area contributed by atoms with Crippen molar-refractivity contribution in [1.82, 2.24) is 0 Å². The van der Waals surface area contributed by atoms with Crippen LogP contribution < -0.4 is 16.3 Å². The van der Waals surface area contributed by atoms with E-state index in [-0.39, 0.29) is 67.9 Å². The molecule has 3 N–H and O–H groups in total. The van der Waals surface area contributed by atoms with Crippen molar-refractivity contribution in [3.8, 4) is 17.2 Å². The van der Waals surface area contributed by atoms with Crippen molar-refractivity contribution in [3.63, 3.8) is 0 Å². The van der Waals surface area contributed by atoms with Crippen LogP contribution in [0, 0.1) is 41.5 Å². The first kappa shape index (κ1) is 27.8. The van der Waals surface area contributed by atoms with Crippen LogP contribution in [0.5, 0.6) is 17.2 Å². The maximum atomic E-state index is 10.8. The third kappa shape index (κ3) is 8.19. The Morgan fingerprint density at radius 2 is 0.710 bits per heavy atom. The number of hydrogen-bond acceptors (Lipinski definition) is 9. The van der Waals surface area contributed by atoms with Crippen molar-refractivity contribution in [2.24, 2.45) is 0 Å². The van der Waals surface area contributed by atoms with Gasteiger partial charge >= 0.3 is 0 Å². The summed E-state index contributed by atoms with van der Waals surface area (Å²) in [7, 11) is 0. The van der Waals surface area contributed by atoms with Gasteiger partial charge in [-0.2, -0.15) is 0 Å². The molecule has 0 radical (unpaired) electrons. The fourth-order valence-electron chi connectivity index (χ4n) is 2.24. The van der Waals surface area contributed by atoms with Crippen LogP contribution in [-0.4, -0.2) is 15.3 Å². The van der Waals surface area contributed by atoms with Gasteiger partial charge in [0.05, 0.1) is 0 Å². The molecule has 0 aliphatic rings. The predicted octanol–water partition coefficient (Wildman–Crippen LogP) is 2.88. The first-order chi connectivity index (χ1) is 13.8. The normalized spacial score (nSPS) is 9.48. The molecule has 31 heavy (non-hydrogen) atoms. The summed E-state index contributed by atoms with van der Waals surface area (Å²) in [5, 5.41) is 26.8. The molecule has 0 atom stereocenters. The second-order valence-electron chi connectivity index (χ2n) is 6.38. The first-order valence-electron chi connectivity index (χ1n) is 8.74. The van der Waals surface area contributed by atoms with Crippen molar-refractivity contribution in [2.45, 2.75) is 41.5 Å². The molecule has 3 aromatic rings. The van der Waals surface area contributed by atoms with E-state index in [0.717, 1.165) is 0 Å². The zero-order valence-corrected chi connectivity index (χ0v) is 19.0. The zero-order valence-electron chi connectivity index (χ0n) is 17.9. The van der Waals surface area contributed by atoms with E-state index in [1.54, 1.807) is 41.5 Å². The second-order valence-corrected chi connectivity index (χ2v) is 6.38. The van der Waals surface area contributed by atoms with Crippen LogP contribution in [0.4, 0.5) is 0 Å². The van der Waals surface area contributed by atoms with E-state index in [9.17, 15) is 14.4 Å². The number of hydrogen-bond donors (Lipinski definition) is 3. The fraction of sp³-hybridized carbons (Fsp3) is 0.286. The van der Waals surface area contributed by atoms with Gasteiger partial charge in [0.25, 0.3) is 0 Å². The van der Waals surface area contributed by atoms with Gasteiger partial charge in [0, 0.05) is 35.3 Å². The Morgan fingerprint density at radius 1 is 0.516 bits per heavy atom. The van der Waals surface area contributed by atoms with Crippen LogP contribution in [0.25, 0.3) is 0 Å². The Balaban J connectivity index is 0.000000429. The smallest absolute Gasteiger partial charge is 0.227 e. The van der Waals surface area contributed by atoms with Crippen molar-refractivity contribution in [3.05, 3.63) is 83.4 Å². The van der Waals surface area contributed by atoms with Gasteiger partial charge in [0.15, 0.2) is 0 Å². The Kier molecular flexibility index (Phi) is 10.6. The van der Waals surface area contributed by atoms with Crippen molar-refractivity contribution in [1.29, 1.82) is 0 Å². The molecular weight excluding hydrogens is 452 g/mol. The van der Waals surface area contributed by atoms with Crippen molar-refractivity contribution < 1.29 is 45.6 Å². The average molecular weight is 476 g/mol. The Hall–Kier alpha value is -3.23. The minimum Gasteiger partial charge on any atom is -0.502 e. The maximum Gasteiger partial charge on any atom is 0.227 e. The maximum absolute atomic E-state index is 10.8. The molecule has 0 saturated heterocycles. The van der Waals surface area contributed by atoms with Gasteiger partial charge in [0.1, 0.15) is 34.6 Å². The summed E-state index contributed by atoms with van der Waals surface area (Å²) in [6, 6.07) is 3.76. The SMILES string of the molecule is Cc1cc(=O)c(O)c(C)o1.Cc1cc(=O)c(O)c(C)o1.Cc1cc(=O)c(O)c(C)o1.[Fe]. The van der Waals surface area contributed by atoms with Crippen LogP contribution in [0.15, 0.2) is 45.8 Å². The molecule has 0 spiro atoms. The quantitative estimate of drug-likeness (QED) is 0.416. The summed E-state index contributed by atoms with van der Waals surface area (Å²) >= 11 is 0. The predicted molar refractivity (Wildman–Crippen MR) is 108 cm³/mol. The molecule has 0 fully saturated rings. The van der Waals surface area contributed by atoms with E-state index in [0.29, 0.717) is 17.3 Å². The van der Waals surface area contributed by atoms with Crippen LogP contribution in [0.3, 0.4) is 0 Å². The number of rotatable bonds is 0. The molecule has 0 aliphatic carbocycles. The molecule has 170 valence electrons. The topological polar surface area (TPSA) is 151 Å². The third-order valence-electron chi connectivity index (χ3n) is 3.65. The molecule has 3 rings (SSSR count). The largest absolute Gasteiger partial charge is 0.502 e. The first-order valence-corrected chi connectivity index (χ1v) is 8.74. The van der Waals surface area contributed by atoms with E-state index in [1.807, 2.05) is 0 Å². The Morgan fingerprint density at radius 3 is 0.871 bits per heavy atom. The molecule has 0 unspecified atom stereocenters. The summed E-state index contributed by atoms with van der Waals surface area (Å²) in [5.74, 6) is 1.45. The standard InChI is InChI=1S/3C7H8O3.Fe/c3*1-4-3-6(8)7(9)5(2)10-4;/h3*3,9H,1-2H3;. The van der Waals surface area contributed by atoms with Gasteiger partial charge in [0.2, 0.25) is 33.5 Å². The summed E-state index contributed by atoms with van der Waals surface area (Å²) in [6.45, 7) is 9.62. The monoisotopic (exact) mass is 476 g/mol. The van der Waals surface area contributed by atoms with Gasteiger partial charge in [-0.25, -0.2) is 0 Å². The van der Waals surface area contributed by atoms with Crippen molar-refractivity contribution >= 4 is 0 Å². The van der Waals surface area contributed by atoms with Gasteiger partial charge < -0.3 is 28.6 Å². The Labute approximate surface area is 188 Å². The molecule has 0 aromatic carbocycles. The summed E-state index contributed by atoms with van der Waals surface area (Å²) < 4.78 is 14.8. The van der Waals surface area contributed by atoms with Crippen LogP contribution >= 0.6 is 0 Å². The van der Waals surface area contributed by atoms with Crippen LogP contribution in [0.2, 0.25) is 0 Å². The molecule has 3 aromatic heterocycles. The molecule has 0 aliphatic heterocycles. The number of aryl methyl sites for hydroxylation is 6. The third-order valence-corrected chi connectivity index (χ3v) is 3.65. The molecule has 0 saturated carbocycles. The second kappa shape index (κ2) is 11.8. The van der Waals surface area contributed by atoms with Crippen LogP contribution in [0.1, 0.15) is 34.6 Å². The van der Waals surface area contributed by atoms with E-state index in [4.69, 9.17) is 28.6 Å². The molecular formula is C21H24FeO9. The molecule has 0 bridgehead atoms. The summed E-state index contributed by atoms with van der Waals surface area (Å²) in [5.41, 5.74) is -1.16. The average Bonchev–Trinajstić information content (AvgIpc) is 2.63. The number of aromatic hydroxyl groups is 3. The van der Waals surface area contributed by atoms with Gasteiger partial charge in [-0.3, -0.25) is 14.4 Å². The van der Waals surface area contributed by atoms with E-state index >= 15 is 0 Å². The van der Waals surface area contributed by atoms with Gasteiger partial charge in [-0.15, -0.1) is 0 Å². The molecule has 3 heterocycles. The zero-order chi connectivity index (χ0) is 23.2. The van der Waals surface area contributed by atoms with E-state index < -0.39 is 0 Å². The van der Waals surface area contributed by atoms with Crippen molar-refractivity contribution in [2.75, 3.05) is 0 Å².